The van der Waals surface area contributed by atoms with Gasteiger partial charge in [0, 0.05) is 18.0 Å². The molecule has 0 bridgehead atoms. The summed E-state index contributed by atoms with van der Waals surface area (Å²) in [4.78, 5) is 40.8. The summed E-state index contributed by atoms with van der Waals surface area (Å²) in [6.07, 6.45) is 2.78. The van der Waals surface area contributed by atoms with E-state index in [0.29, 0.717) is 29.6 Å². The summed E-state index contributed by atoms with van der Waals surface area (Å²) in [5.41, 5.74) is 1.52. The van der Waals surface area contributed by atoms with Gasteiger partial charge < -0.3 is 19.9 Å². The third kappa shape index (κ3) is 5.32. The number of nitrogens with one attached hydrogen (secondary N) is 2. The van der Waals surface area contributed by atoms with Crippen molar-refractivity contribution in [1.82, 2.24) is 4.90 Å². The predicted molar refractivity (Wildman–Crippen MR) is 110 cm³/mol. The van der Waals surface area contributed by atoms with E-state index in [0.717, 1.165) is 34.6 Å². The Kier molecular flexibility index (Phi) is 8.00. The zero-order chi connectivity index (χ0) is 20.8. The molecule has 8 heteroatoms. The molecule has 1 aliphatic carbocycles. The van der Waals surface area contributed by atoms with Crippen molar-refractivity contribution in [3.8, 4) is 0 Å². The van der Waals surface area contributed by atoms with Gasteiger partial charge in [-0.2, -0.15) is 0 Å². The summed E-state index contributed by atoms with van der Waals surface area (Å²) in [6.45, 7) is 7.83. The molecule has 0 spiro atoms. The van der Waals surface area contributed by atoms with Gasteiger partial charge in [0.15, 0.2) is 13.1 Å². The second kappa shape index (κ2) is 10.0. The number of esters is 1. The Balaban J connectivity index is 2.07. The summed E-state index contributed by atoms with van der Waals surface area (Å²) in [5.74, 6) is -0.00518. The lowest BCUT2D eigenvalue weighted by atomic mass is 9.88. The van der Waals surface area contributed by atoms with Gasteiger partial charge in [-0.05, 0) is 44.6 Å². The van der Waals surface area contributed by atoms with E-state index in [9.17, 15) is 14.4 Å². The highest BCUT2D eigenvalue weighted by atomic mass is 32.1. The van der Waals surface area contributed by atoms with Gasteiger partial charge in [0.25, 0.3) is 11.8 Å². The van der Waals surface area contributed by atoms with Crippen LogP contribution in [-0.2, 0) is 27.2 Å². The molecule has 0 aromatic carbocycles. The van der Waals surface area contributed by atoms with Crippen LogP contribution in [0.15, 0.2) is 0 Å². The highest BCUT2D eigenvalue weighted by molar-refractivity contribution is 7.17. The van der Waals surface area contributed by atoms with Crippen LogP contribution in [0.3, 0.4) is 0 Å². The van der Waals surface area contributed by atoms with Crippen LogP contribution in [0.25, 0.3) is 0 Å². The third-order valence-corrected chi connectivity index (χ3v) is 6.36. The minimum Gasteiger partial charge on any atom is -0.465 e. The fourth-order valence-corrected chi connectivity index (χ4v) is 5.03. The molecule has 0 fully saturated rings. The van der Waals surface area contributed by atoms with Crippen molar-refractivity contribution < 1.29 is 24.0 Å². The van der Waals surface area contributed by atoms with Crippen LogP contribution in [0.1, 0.15) is 48.0 Å². The van der Waals surface area contributed by atoms with Gasteiger partial charge in [-0.3, -0.25) is 9.59 Å². The van der Waals surface area contributed by atoms with Crippen molar-refractivity contribution in [3.05, 3.63) is 16.0 Å². The number of quaternary nitrogens is 1. The molecule has 1 unspecified atom stereocenters. The molecule has 2 atom stereocenters. The molecule has 1 heterocycles. The van der Waals surface area contributed by atoms with Gasteiger partial charge >= 0.3 is 5.97 Å². The fraction of sp³-hybridized carbons (Fsp3) is 0.650. The van der Waals surface area contributed by atoms with Crippen LogP contribution in [0.5, 0.6) is 0 Å². The third-order valence-electron chi connectivity index (χ3n) is 5.19. The van der Waals surface area contributed by atoms with E-state index in [4.69, 9.17) is 4.74 Å². The molecule has 0 saturated carbocycles. The maximum Gasteiger partial charge on any atom is 0.341 e. The second-order valence-corrected chi connectivity index (χ2v) is 8.58. The monoisotopic (exact) mass is 410 g/mol. The number of carbonyl (C=O) groups is 3. The molecule has 2 amide bonds. The predicted octanol–water partition coefficient (Wildman–Crippen LogP) is 0.981. The number of anilines is 1. The van der Waals surface area contributed by atoms with Gasteiger partial charge in [0.2, 0.25) is 0 Å². The molecule has 0 saturated heterocycles. The topological polar surface area (TPSA) is 80.2 Å². The standard InChI is InChI=1S/C20H31N3O4S/c1-6-23(7-2)17(25)12-22(4)11-16(24)21-19-18(20(26)27-5)14-9-8-13(3)10-15(14)28-19/h13H,6-12H2,1-5H3,(H,21,24)/p+1/t13-/m1/s1. The van der Waals surface area contributed by atoms with Crippen molar-refractivity contribution in [3.63, 3.8) is 0 Å². The highest BCUT2D eigenvalue weighted by Crippen LogP contribution is 2.39. The average molecular weight is 411 g/mol. The van der Waals surface area contributed by atoms with Crippen LogP contribution >= 0.6 is 11.3 Å². The molecule has 7 nitrogen and oxygen atoms in total. The Morgan fingerprint density at radius 2 is 1.93 bits per heavy atom. The van der Waals surface area contributed by atoms with Gasteiger partial charge in [0.1, 0.15) is 5.00 Å². The molecule has 156 valence electrons. The number of carbonyl (C=O) groups excluding carboxylic acids is 3. The lowest BCUT2D eigenvalue weighted by Gasteiger charge is -2.20. The summed E-state index contributed by atoms with van der Waals surface area (Å²) in [6, 6.07) is 0. The Hall–Kier alpha value is -1.93. The molecule has 1 aromatic heterocycles. The Labute approximate surface area is 171 Å². The number of likely N-dealkylation sites (N-methyl/N-ethyl adjacent to an activating group) is 2. The van der Waals surface area contributed by atoms with Crippen LogP contribution in [0.4, 0.5) is 5.00 Å². The number of fused-ring (bicyclic) bond motifs is 1. The first-order valence-electron chi connectivity index (χ1n) is 9.92. The molecule has 0 radical (unpaired) electrons. The zero-order valence-electron chi connectivity index (χ0n) is 17.5. The van der Waals surface area contributed by atoms with E-state index < -0.39 is 5.97 Å². The van der Waals surface area contributed by atoms with E-state index in [2.05, 4.69) is 12.2 Å². The van der Waals surface area contributed by atoms with E-state index >= 15 is 0 Å². The number of nitrogens with zero attached hydrogens (tertiary/aromatic N) is 1. The van der Waals surface area contributed by atoms with Gasteiger partial charge in [-0.1, -0.05) is 6.92 Å². The molecule has 2 rings (SSSR count). The molecule has 1 aromatic rings. The summed E-state index contributed by atoms with van der Waals surface area (Å²) >= 11 is 1.47. The number of amides is 2. The molecule has 1 aliphatic rings. The maximum absolute atomic E-state index is 12.6. The zero-order valence-corrected chi connectivity index (χ0v) is 18.3. The fourth-order valence-electron chi connectivity index (χ4n) is 3.61. The van der Waals surface area contributed by atoms with E-state index in [1.165, 1.54) is 18.4 Å². The normalized spacial score (nSPS) is 16.8. The SMILES string of the molecule is CCN(CC)C(=O)C[NH+](C)CC(=O)Nc1sc2c(c1C(=O)OC)CC[C@@H](C)C2. The molecular formula is C20H32N3O4S+. The first kappa shape index (κ1) is 22.4. The number of hydrogen-bond donors (Lipinski definition) is 2. The number of thiophene rings is 1. The first-order chi connectivity index (χ1) is 13.3. The largest absolute Gasteiger partial charge is 0.465 e. The lowest BCUT2D eigenvalue weighted by Crippen LogP contribution is -3.11. The van der Waals surface area contributed by atoms with Crippen molar-refractivity contribution in [2.75, 3.05) is 45.7 Å². The number of rotatable bonds is 8. The highest BCUT2D eigenvalue weighted by Gasteiger charge is 2.29. The minimum absolute atomic E-state index is 0.0334. The smallest absolute Gasteiger partial charge is 0.341 e. The maximum atomic E-state index is 12.6. The van der Waals surface area contributed by atoms with Crippen molar-refractivity contribution >= 4 is 34.1 Å². The van der Waals surface area contributed by atoms with Gasteiger partial charge in [0.05, 0.1) is 19.7 Å². The number of methoxy groups -OCH3 is 1. The quantitative estimate of drug-likeness (QED) is 0.626. The second-order valence-electron chi connectivity index (χ2n) is 7.47. The average Bonchev–Trinajstić information content (AvgIpc) is 2.98. The van der Waals surface area contributed by atoms with Crippen LogP contribution in [0, 0.1) is 5.92 Å². The Morgan fingerprint density at radius 3 is 2.54 bits per heavy atom. The van der Waals surface area contributed by atoms with E-state index in [1.54, 1.807) is 4.90 Å². The van der Waals surface area contributed by atoms with E-state index in [-0.39, 0.29) is 24.9 Å². The summed E-state index contributed by atoms with van der Waals surface area (Å²) in [7, 11) is 3.18. The van der Waals surface area contributed by atoms with Crippen LogP contribution in [-0.4, -0.2) is 63.0 Å². The number of ether oxygens (including phenoxy) is 1. The molecule has 28 heavy (non-hydrogen) atoms. The first-order valence-corrected chi connectivity index (χ1v) is 10.7. The summed E-state index contributed by atoms with van der Waals surface area (Å²) < 4.78 is 4.96. The van der Waals surface area contributed by atoms with Crippen molar-refractivity contribution in [1.29, 1.82) is 0 Å². The Bertz CT molecular complexity index is 727. The Morgan fingerprint density at radius 1 is 1.25 bits per heavy atom. The van der Waals surface area contributed by atoms with Crippen LogP contribution in [0.2, 0.25) is 0 Å². The van der Waals surface area contributed by atoms with Gasteiger partial charge in [-0.25, -0.2) is 4.79 Å². The van der Waals surface area contributed by atoms with Crippen molar-refractivity contribution in [2.24, 2.45) is 5.92 Å². The number of hydrogen-bond acceptors (Lipinski definition) is 5. The van der Waals surface area contributed by atoms with E-state index in [1.807, 2.05) is 20.9 Å². The molecular weight excluding hydrogens is 378 g/mol. The minimum atomic E-state index is -0.403. The summed E-state index contributed by atoms with van der Waals surface area (Å²) in [5, 5.41) is 3.46. The molecule has 2 N–H and O–H groups in total. The van der Waals surface area contributed by atoms with Crippen LogP contribution < -0.4 is 10.2 Å². The lowest BCUT2D eigenvalue weighted by molar-refractivity contribution is -0.862. The molecule has 0 aliphatic heterocycles. The van der Waals surface area contributed by atoms with Crippen molar-refractivity contribution in [2.45, 2.75) is 40.0 Å². The van der Waals surface area contributed by atoms with Gasteiger partial charge in [-0.15, -0.1) is 11.3 Å².